The standard InChI is InChI=1S/C21H29N3O4/c1-16(17-5-3-2-4-6-17)22-21(26)23-18-7-9-19(10-8-18)28-15-20(25)24-11-13-27-14-12-24/h5,7-10,16H,2-4,6,11-15H2,1H3,(H2,22,23,26)/t16-/m0/s1. The lowest BCUT2D eigenvalue weighted by Crippen LogP contribution is -2.42. The highest BCUT2D eigenvalue weighted by Crippen LogP contribution is 2.20. The van der Waals surface area contributed by atoms with Crippen molar-refractivity contribution < 1.29 is 19.1 Å². The molecule has 2 N–H and O–H groups in total. The number of urea groups is 1. The molecule has 3 amide bonds. The maximum Gasteiger partial charge on any atom is 0.319 e. The van der Waals surface area contributed by atoms with E-state index in [-0.39, 0.29) is 24.6 Å². The van der Waals surface area contributed by atoms with Crippen LogP contribution < -0.4 is 15.4 Å². The molecule has 1 heterocycles. The van der Waals surface area contributed by atoms with Crippen molar-refractivity contribution in [2.45, 2.75) is 38.6 Å². The lowest BCUT2D eigenvalue weighted by Gasteiger charge is -2.26. The van der Waals surface area contributed by atoms with Crippen LogP contribution in [0.2, 0.25) is 0 Å². The summed E-state index contributed by atoms with van der Waals surface area (Å²) in [5.74, 6) is 0.546. The van der Waals surface area contributed by atoms with Gasteiger partial charge in [0.1, 0.15) is 5.75 Å². The molecule has 28 heavy (non-hydrogen) atoms. The number of carbonyl (C=O) groups is 2. The maximum atomic E-state index is 12.2. The molecule has 152 valence electrons. The number of carbonyl (C=O) groups excluding carboxylic acids is 2. The SMILES string of the molecule is C[C@H](NC(=O)Nc1ccc(OCC(=O)N2CCOCC2)cc1)C1=CCCCC1. The van der Waals surface area contributed by atoms with Crippen molar-refractivity contribution in [3.05, 3.63) is 35.9 Å². The summed E-state index contributed by atoms with van der Waals surface area (Å²) in [4.78, 5) is 26.0. The fourth-order valence-corrected chi connectivity index (χ4v) is 3.40. The monoisotopic (exact) mass is 387 g/mol. The van der Waals surface area contributed by atoms with Crippen LogP contribution in [0.5, 0.6) is 5.75 Å². The summed E-state index contributed by atoms with van der Waals surface area (Å²) in [7, 11) is 0. The number of morpholine rings is 1. The smallest absolute Gasteiger partial charge is 0.319 e. The molecule has 1 aliphatic carbocycles. The Kier molecular flexibility index (Phi) is 7.31. The Hall–Kier alpha value is -2.54. The van der Waals surface area contributed by atoms with Gasteiger partial charge in [-0.25, -0.2) is 4.79 Å². The molecule has 0 spiro atoms. The minimum atomic E-state index is -0.227. The number of rotatable bonds is 6. The van der Waals surface area contributed by atoms with E-state index in [2.05, 4.69) is 16.7 Å². The molecule has 2 aliphatic rings. The van der Waals surface area contributed by atoms with Gasteiger partial charge in [-0.15, -0.1) is 0 Å². The van der Waals surface area contributed by atoms with Gasteiger partial charge in [0, 0.05) is 24.8 Å². The van der Waals surface area contributed by atoms with E-state index in [9.17, 15) is 9.59 Å². The topological polar surface area (TPSA) is 79.9 Å². The van der Waals surface area contributed by atoms with E-state index < -0.39 is 0 Å². The number of nitrogens with zero attached hydrogens (tertiary/aromatic N) is 1. The molecule has 7 nitrogen and oxygen atoms in total. The Balaban J connectivity index is 1.42. The van der Waals surface area contributed by atoms with Gasteiger partial charge >= 0.3 is 6.03 Å². The van der Waals surface area contributed by atoms with Gasteiger partial charge in [0.05, 0.1) is 13.2 Å². The zero-order valence-corrected chi connectivity index (χ0v) is 16.4. The van der Waals surface area contributed by atoms with Crippen LogP contribution in [0.4, 0.5) is 10.5 Å². The first-order valence-electron chi connectivity index (χ1n) is 9.96. The summed E-state index contributed by atoms with van der Waals surface area (Å²) in [5, 5.41) is 5.81. The molecule has 1 aliphatic heterocycles. The molecule has 7 heteroatoms. The second-order valence-corrected chi connectivity index (χ2v) is 7.15. The fourth-order valence-electron chi connectivity index (χ4n) is 3.40. The quantitative estimate of drug-likeness (QED) is 0.736. The van der Waals surface area contributed by atoms with Gasteiger partial charge in [-0.05, 0) is 56.9 Å². The highest BCUT2D eigenvalue weighted by Gasteiger charge is 2.17. The van der Waals surface area contributed by atoms with Crippen LogP contribution in [0.3, 0.4) is 0 Å². The Labute approximate surface area is 166 Å². The Morgan fingerprint density at radius 3 is 2.61 bits per heavy atom. The van der Waals surface area contributed by atoms with Crippen LogP contribution >= 0.6 is 0 Å². The molecule has 0 saturated carbocycles. The van der Waals surface area contributed by atoms with E-state index in [1.807, 2.05) is 6.92 Å². The third-order valence-electron chi connectivity index (χ3n) is 5.07. The molecule has 1 aromatic carbocycles. The van der Waals surface area contributed by atoms with E-state index in [0.29, 0.717) is 37.7 Å². The van der Waals surface area contributed by atoms with Gasteiger partial charge in [0.25, 0.3) is 5.91 Å². The average molecular weight is 387 g/mol. The third-order valence-corrected chi connectivity index (χ3v) is 5.07. The zero-order valence-electron chi connectivity index (χ0n) is 16.4. The van der Waals surface area contributed by atoms with Crippen molar-refractivity contribution in [3.63, 3.8) is 0 Å². The first kappa shape index (κ1) is 20.2. The van der Waals surface area contributed by atoms with Gasteiger partial charge in [-0.3, -0.25) is 4.79 Å². The van der Waals surface area contributed by atoms with Gasteiger partial charge in [-0.1, -0.05) is 11.6 Å². The number of benzene rings is 1. The van der Waals surface area contributed by atoms with Crippen LogP contribution in [0.1, 0.15) is 32.6 Å². The molecule has 0 aromatic heterocycles. The molecule has 0 bridgehead atoms. The zero-order chi connectivity index (χ0) is 19.8. The molecular formula is C21H29N3O4. The number of amides is 3. The molecule has 1 aromatic rings. The van der Waals surface area contributed by atoms with Crippen LogP contribution in [-0.2, 0) is 9.53 Å². The molecule has 0 radical (unpaired) electrons. The van der Waals surface area contributed by atoms with E-state index in [1.165, 1.54) is 18.4 Å². The lowest BCUT2D eigenvalue weighted by molar-refractivity contribution is -0.137. The van der Waals surface area contributed by atoms with Gasteiger partial charge in [0.15, 0.2) is 6.61 Å². The Bertz CT molecular complexity index is 696. The first-order valence-corrected chi connectivity index (χ1v) is 9.96. The first-order chi connectivity index (χ1) is 13.6. The summed E-state index contributed by atoms with van der Waals surface area (Å²) in [5.41, 5.74) is 1.98. The maximum absolute atomic E-state index is 12.2. The largest absolute Gasteiger partial charge is 0.484 e. The Morgan fingerprint density at radius 1 is 1.18 bits per heavy atom. The summed E-state index contributed by atoms with van der Waals surface area (Å²) in [6, 6.07) is 6.83. The van der Waals surface area contributed by atoms with Crippen LogP contribution in [0.25, 0.3) is 0 Å². The van der Waals surface area contributed by atoms with E-state index in [0.717, 1.165) is 12.8 Å². The molecule has 0 unspecified atom stereocenters. The number of anilines is 1. The highest BCUT2D eigenvalue weighted by molar-refractivity contribution is 5.89. The van der Waals surface area contributed by atoms with Crippen molar-refractivity contribution >= 4 is 17.6 Å². The highest BCUT2D eigenvalue weighted by atomic mass is 16.5. The van der Waals surface area contributed by atoms with E-state index in [4.69, 9.17) is 9.47 Å². The average Bonchev–Trinajstić information content (AvgIpc) is 2.74. The number of hydrogen-bond donors (Lipinski definition) is 2. The van der Waals surface area contributed by atoms with Crippen molar-refractivity contribution in [1.29, 1.82) is 0 Å². The summed E-state index contributed by atoms with van der Waals surface area (Å²) in [6.45, 7) is 4.37. The van der Waals surface area contributed by atoms with E-state index in [1.54, 1.807) is 29.2 Å². The summed E-state index contributed by atoms with van der Waals surface area (Å²) in [6.07, 6.45) is 6.80. The second-order valence-electron chi connectivity index (χ2n) is 7.15. The predicted molar refractivity (Wildman–Crippen MR) is 108 cm³/mol. The van der Waals surface area contributed by atoms with Crippen molar-refractivity contribution in [1.82, 2.24) is 10.2 Å². The lowest BCUT2D eigenvalue weighted by atomic mass is 9.95. The van der Waals surface area contributed by atoms with Crippen molar-refractivity contribution in [3.8, 4) is 5.75 Å². The van der Waals surface area contributed by atoms with Crippen LogP contribution in [0.15, 0.2) is 35.9 Å². The molecule has 3 rings (SSSR count). The fraction of sp³-hybridized carbons (Fsp3) is 0.524. The van der Waals surface area contributed by atoms with Gasteiger partial charge in [0.2, 0.25) is 0 Å². The normalized spacial score (nSPS) is 18.0. The third kappa shape index (κ3) is 5.99. The van der Waals surface area contributed by atoms with Crippen LogP contribution in [-0.4, -0.2) is 55.8 Å². The second kappa shape index (κ2) is 10.1. The van der Waals surface area contributed by atoms with Gasteiger partial charge in [-0.2, -0.15) is 0 Å². The summed E-state index contributed by atoms with van der Waals surface area (Å²) < 4.78 is 10.8. The molecular weight excluding hydrogens is 358 g/mol. The number of allylic oxidation sites excluding steroid dienone is 1. The Morgan fingerprint density at radius 2 is 1.93 bits per heavy atom. The number of hydrogen-bond acceptors (Lipinski definition) is 4. The van der Waals surface area contributed by atoms with Gasteiger partial charge < -0.3 is 25.0 Å². The minimum Gasteiger partial charge on any atom is -0.484 e. The minimum absolute atomic E-state index is 0.000111. The summed E-state index contributed by atoms with van der Waals surface area (Å²) >= 11 is 0. The van der Waals surface area contributed by atoms with Crippen molar-refractivity contribution in [2.75, 3.05) is 38.2 Å². The predicted octanol–water partition coefficient (Wildman–Crippen LogP) is 2.93. The van der Waals surface area contributed by atoms with Crippen LogP contribution in [0, 0.1) is 0 Å². The number of ether oxygens (including phenoxy) is 2. The molecule has 1 fully saturated rings. The number of nitrogens with one attached hydrogen (secondary N) is 2. The van der Waals surface area contributed by atoms with E-state index >= 15 is 0 Å². The molecule has 1 atom stereocenters. The molecule has 1 saturated heterocycles. The van der Waals surface area contributed by atoms with Crippen molar-refractivity contribution in [2.24, 2.45) is 0 Å².